The molecule has 3 aromatic rings. The molecule has 7 heteroatoms. The largest absolute Gasteiger partial charge is 0.333 e. The number of fused-ring (bicyclic) bond motifs is 1. The van der Waals surface area contributed by atoms with Crippen LogP contribution in [0.15, 0.2) is 35.1 Å². The average Bonchev–Trinajstić information content (AvgIpc) is 2.99. The maximum atomic E-state index is 13.6. The van der Waals surface area contributed by atoms with Crippen LogP contribution in [0.4, 0.5) is 4.39 Å². The zero-order chi connectivity index (χ0) is 20.3. The van der Waals surface area contributed by atoms with Gasteiger partial charge in [0.1, 0.15) is 5.82 Å². The van der Waals surface area contributed by atoms with Crippen LogP contribution in [0.3, 0.4) is 0 Å². The van der Waals surface area contributed by atoms with E-state index >= 15 is 0 Å². The number of aryl methyl sites for hydroxylation is 2. The van der Waals surface area contributed by atoms with Gasteiger partial charge in [-0.3, -0.25) is 14.7 Å². The zero-order valence-electron chi connectivity index (χ0n) is 16.5. The van der Waals surface area contributed by atoms with Crippen molar-refractivity contribution in [3.05, 3.63) is 69.0 Å². The number of rotatable bonds is 7. The summed E-state index contributed by atoms with van der Waals surface area (Å²) >= 11 is 0. The molecule has 0 radical (unpaired) electrons. The Balaban J connectivity index is 2.02. The zero-order valence-corrected chi connectivity index (χ0v) is 16.5. The standard InChI is InChI=1S/C21H25FN4O2/c1-4-7-17-18(24-26-19(27)11-14(3)23-20(17)26)13-25(10-5-2)21(28)15-8-6-9-16(22)12-15/h6,8-9,11-12,24H,4-5,7,10,13H2,1-3H3. The fraction of sp³-hybridized carbons (Fsp3) is 0.381. The highest BCUT2D eigenvalue weighted by atomic mass is 19.1. The normalized spacial score (nSPS) is 11.1. The molecule has 3 rings (SSSR count). The lowest BCUT2D eigenvalue weighted by atomic mass is 10.1. The molecule has 0 fully saturated rings. The molecule has 0 aliphatic rings. The van der Waals surface area contributed by atoms with E-state index in [1.165, 1.54) is 28.8 Å². The van der Waals surface area contributed by atoms with Gasteiger partial charge in [0.2, 0.25) is 0 Å². The van der Waals surface area contributed by atoms with Gasteiger partial charge in [-0.25, -0.2) is 13.9 Å². The first-order chi connectivity index (χ1) is 13.4. The molecule has 6 nitrogen and oxygen atoms in total. The van der Waals surface area contributed by atoms with E-state index in [0.717, 1.165) is 30.5 Å². The summed E-state index contributed by atoms with van der Waals surface area (Å²) in [6.07, 6.45) is 2.39. The van der Waals surface area contributed by atoms with Crippen LogP contribution in [0, 0.1) is 12.7 Å². The third kappa shape index (κ3) is 3.98. The molecule has 1 aromatic carbocycles. The Morgan fingerprint density at radius 1 is 1.25 bits per heavy atom. The summed E-state index contributed by atoms with van der Waals surface area (Å²) < 4.78 is 15.0. The first kappa shape index (κ1) is 19.8. The van der Waals surface area contributed by atoms with E-state index in [9.17, 15) is 14.0 Å². The van der Waals surface area contributed by atoms with Crippen molar-refractivity contribution in [3.8, 4) is 0 Å². The van der Waals surface area contributed by atoms with E-state index in [1.54, 1.807) is 17.9 Å². The average molecular weight is 384 g/mol. The molecule has 0 bridgehead atoms. The summed E-state index contributed by atoms with van der Waals surface area (Å²) in [5.74, 6) is -0.676. The Labute approximate surface area is 163 Å². The molecule has 0 saturated heterocycles. The molecule has 2 aromatic heterocycles. The number of halogens is 1. The lowest BCUT2D eigenvalue weighted by Crippen LogP contribution is -2.32. The minimum atomic E-state index is -0.439. The molecule has 0 saturated carbocycles. The summed E-state index contributed by atoms with van der Waals surface area (Å²) in [5.41, 5.74) is 3.13. The minimum absolute atomic E-state index is 0.176. The second-order valence-corrected chi connectivity index (χ2v) is 6.95. The van der Waals surface area contributed by atoms with Crippen molar-refractivity contribution in [1.29, 1.82) is 0 Å². The molecule has 0 unspecified atom stereocenters. The van der Waals surface area contributed by atoms with Gasteiger partial charge in [0.15, 0.2) is 5.65 Å². The number of aromatic amines is 1. The predicted octanol–water partition coefficient (Wildman–Crippen LogP) is 3.48. The quantitative estimate of drug-likeness (QED) is 0.678. The fourth-order valence-electron chi connectivity index (χ4n) is 3.41. The first-order valence-electron chi connectivity index (χ1n) is 9.59. The highest BCUT2D eigenvalue weighted by molar-refractivity contribution is 5.94. The summed E-state index contributed by atoms with van der Waals surface area (Å²) in [5, 5.41) is 3.12. The Bertz CT molecular complexity index is 1050. The van der Waals surface area contributed by atoms with Crippen LogP contribution < -0.4 is 5.56 Å². The summed E-state index contributed by atoms with van der Waals surface area (Å²) in [4.78, 5) is 31.5. The third-order valence-electron chi connectivity index (χ3n) is 4.63. The van der Waals surface area contributed by atoms with Crippen LogP contribution in [-0.4, -0.2) is 31.9 Å². The van der Waals surface area contributed by atoms with E-state index in [0.29, 0.717) is 30.0 Å². The Morgan fingerprint density at radius 3 is 2.71 bits per heavy atom. The number of aromatic nitrogens is 3. The Hall–Kier alpha value is -2.96. The van der Waals surface area contributed by atoms with Crippen LogP contribution in [0.25, 0.3) is 5.65 Å². The molecule has 1 amide bonds. The lowest BCUT2D eigenvalue weighted by Gasteiger charge is -2.22. The highest BCUT2D eigenvalue weighted by Crippen LogP contribution is 2.19. The van der Waals surface area contributed by atoms with Crippen molar-refractivity contribution >= 4 is 11.6 Å². The number of carbonyl (C=O) groups is 1. The van der Waals surface area contributed by atoms with E-state index in [-0.39, 0.29) is 11.5 Å². The number of carbonyl (C=O) groups excluding carboxylic acids is 1. The van der Waals surface area contributed by atoms with Gasteiger partial charge in [-0.15, -0.1) is 0 Å². The van der Waals surface area contributed by atoms with Crippen LogP contribution >= 0.6 is 0 Å². The van der Waals surface area contributed by atoms with E-state index in [2.05, 4.69) is 17.0 Å². The van der Waals surface area contributed by atoms with Gasteiger partial charge in [-0.1, -0.05) is 26.3 Å². The van der Waals surface area contributed by atoms with Gasteiger partial charge in [0.25, 0.3) is 11.5 Å². The van der Waals surface area contributed by atoms with Crippen LogP contribution in [0.5, 0.6) is 0 Å². The number of nitrogens with zero attached hydrogens (tertiary/aromatic N) is 3. The van der Waals surface area contributed by atoms with Gasteiger partial charge in [-0.2, -0.15) is 0 Å². The second kappa shape index (κ2) is 8.37. The van der Waals surface area contributed by atoms with E-state index < -0.39 is 5.82 Å². The van der Waals surface area contributed by atoms with Gasteiger partial charge in [0.05, 0.1) is 12.2 Å². The molecule has 1 N–H and O–H groups in total. The van der Waals surface area contributed by atoms with Crippen LogP contribution in [0.2, 0.25) is 0 Å². The molecule has 28 heavy (non-hydrogen) atoms. The van der Waals surface area contributed by atoms with Crippen LogP contribution in [-0.2, 0) is 13.0 Å². The monoisotopic (exact) mass is 384 g/mol. The summed E-state index contributed by atoms with van der Waals surface area (Å²) in [6.45, 7) is 6.67. The number of hydrogen-bond donors (Lipinski definition) is 1. The lowest BCUT2D eigenvalue weighted by molar-refractivity contribution is 0.0740. The number of amides is 1. The molecule has 0 aliphatic carbocycles. The van der Waals surface area contributed by atoms with Gasteiger partial charge in [-0.05, 0) is 38.0 Å². The van der Waals surface area contributed by atoms with E-state index in [4.69, 9.17) is 0 Å². The predicted molar refractivity (Wildman–Crippen MR) is 106 cm³/mol. The fourth-order valence-corrected chi connectivity index (χ4v) is 3.41. The van der Waals surface area contributed by atoms with Crippen molar-refractivity contribution in [2.24, 2.45) is 0 Å². The van der Waals surface area contributed by atoms with Crippen molar-refractivity contribution in [2.75, 3.05) is 6.54 Å². The van der Waals surface area contributed by atoms with Crippen LogP contribution in [0.1, 0.15) is 54.0 Å². The van der Waals surface area contributed by atoms with Crippen molar-refractivity contribution in [3.63, 3.8) is 0 Å². The van der Waals surface area contributed by atoms with Gasteiger partial charge in [0, 0.05) is 29.4 Å². The smallest absolute Gasteiger partial charge is 0.272 e. The number of benzene rings is 1. The molecule has 0 spiro atoms. The van der Waals surface area contributed by atoms with Gasteiger partial charge < -0.3 is 4.90 Å². The SMILES string of the molecule is CCCc1c(CN(CCC)C(=O)c2cccc(F)c2)[nH]n2c(=O)cc(C)nc12. The molecular weight excluding hydrogens is 359 g/mol. The minimum Gasteiger partial charge on any atom is -0.333 e. The van der Waals surface area contributed by atoms with E-state index in [1.807, 2.05) is 6.92 Å². The number of H-pyrrole nitrogens is 1. The summed E-state index contributed by atoms with van der Waals surface area (Å²) in [6, 6.07) is 7.19. The maximum absolute atomic E-state index is 13.6. The molecule has 0 atom stereocenters. The second-order valence-electron chi connectivity index (χ2n) is 6.95. The topological polar surface area (TPSA) is 70.5 Å². The third-order valence-corrected chi connectivity index (χ3v) is 4.63. The van der Waals surface area contributed by atoms with Crippen molar-refractivity contribution in [1.82, 2.24) is 19.5 Å². The number of nitrogens with one attached hydrogen (secondary N) is 1. The molecule has 0 aliphatic heterocycles. The Morgan fingerprint density at radius 2 is 2.04 bits per heavy atom. The molecule has 148 valence electrons. The number of hydrogen-bond acceptors (Lipinski definition) is 3. The summed E-state index contributed by atoms with van der Waals surface area (Å²) in [7, 11) is 0. The first-order valence-corrected chi connectivity index (χ1v) is 9.59. The molecular formula is C21H25FN4O2. The maximum Gasteiger partial charge on any atom is 0.272 e. The molecule has 2 heterocycles. The van der Waals surface area contributed by atoms with Crippen molar-refractivity contribution < 1.29 is 9.18 Å². The highest BCUT2D eigenvalue weighted by Gasteiger charge is 2.21. The van der Waals surface area contributed by atoms with Gasteiger partial charge >= 0.3 is 0 Å². The van der Waals surface area contributed by atoms with Crippen molar-refractivity contribution in [2.45, 2.75) is 46.6 Å². The Kier molecular flexibility index (Phi) is 5.92.